The highest BCUT2D eigenvalue weighted by atomic mass is 32.2. The number of nitrogens with zero attached hydrogens (tertiary/aromatic N) is 3. The van der Waals surface area contributed by atoms with Crippen molar-refractivity contribution in [2.24, 2.45) is 0 Å². The SMILES string of the molecule is CC1CCCCN1S(=O)(=O)CCNC(=O)Cn1nc(C(F)(F)F)c2c1CCC2. The number of carbonyl (C=O) groups excluding carboxylic acids is 1. The molecule has 1 aliphatic carbocycles. The lowest BCUT2D eigenvalue weighted by atomic mass is 10.1. The zero-order valence-corrected chi connectivity index (χ0v) is 16.6. The molecule has 0 bridgehead atoms. The summed E-state index contributed by atoms with van der Waals surface area (Å²) < 4.78 is 66.7. The first-order chi connectivity index (χ1) is 13.1. The molecule has 1 N–H and O–H groups in total. The van der Waals surface area contributed by atoms with Crippen LogP contribution in [0.4, 0.5) is 13.2 Å². The number of hydrogen-bond donors (Lipinski definition) is 1. The highest BCUT2D eigenvalue weighted by Gasteiger charge is 2.40. The summed E-state index contributed by atoms with van der Waals surface area (Å²) in [5.74, 6) is -0.776. The van der Waals surface area contributed by atoms with E-state index in [2.05, 4.69) is 10.4 Å². The number of halogens is 3. The van der Waals surface area contributed by atoms with Crippen molar-refractivity contribution in [2.75, 3.05) is 18.8 Å². The maximum Gasteiger partial charge on any atom is 0.435 e. The van der Waals surface area contributed by atoms with Gasteiger partial charge in [0.15, 0.2) is 5.69 Å². The van der Waals surface area contributed by atoms with E-state index in [1.54, 1.807) is 0 Å². The Morgan fingerprint density at radius 3 is 2.68 bits per heavy atom. The van der Waals surface area contributed by atoms with Crippen LogP contribution in [-0.2, 0) is 40.4 Å². The number of nitrogens with one attached hydrogen (secondary N) is 1. The van der Waals surface area contributed by atoms with E-state index in [-0.39, 0.29) is 30.4 Å². The standard InChI is InChI=1S/C17H25F3N4O3S/c1-12-5-2-3-9-24(12)28(26,27)10-8-21-15(25)11-23-14-7-4-6-13(14)16(22-23)17(18,19)20/h12H,2-11H2,1H3,(H,21,25). The van der Waals surface area contributed by atoms with Crippen LogP contribution in [-0.4, -0.2) is 53.3 Å². The van der Waals surface area contributed by atoms with E-state index < -0.39 is 27.8 Å². The van der Waals surface area contributed by atoms with E-state index in [1.165, 1.54) is 4.31 Å². The first-order valence-corrected chi connectivity index (χ1v) is 11.1. The maximum absolute atomic E-state index is 13.1. The van der Waals surface area contributed by atoms with E-state index in [4.69, 9.17) is 0 Å². The summed E-state index contributed by atoms with van der Waals surface area (Å²) in [5, 5.41) is 6.08. The third-order valence-electron chi connectivity index (χ3n) is 5.35. The molecule has 0 radical (unpaired) electrons. The van der Waals surface area contributed by atoms with Gasteiger partial charge in [-0.2, -0.15) is 22.6 Å². The van der Waals surface area contributed by atoms with E-state index >= 15 is 0 Å². The minimum absolute atomic E-state index is 0.0538. The molecule has 1 amide bonds. The molecular weight excluding hydrogens is 397 g/mol. The Labute approximate surface area is 162 Å². The average Bonchev–Trinajstić information content (AvgIpc) is 3.18. The zero-order valence-electron chi connectivity index (χ0n) is 15.8. The third kappa shape index (κ3) is 4.51. The third-order valence-corrected chi connectivity index (χ3v) is 7.33. The van der Waals surface area contributed by atoms with Crippen molar-refractivity contribution >= 4 is 15.9 Å². The Morgan fingerprint density at radius 1 is 1.25 bits per heavy atom. The van der Waals surface area contributed by atoms with Crippen molar-refractivity contribution in [3.8, 4) is 0 Å². The lowest BCUT2D eigenvalue weighted by molar-refractivity contribution is -0.142. The molecule has 1 fully saturated rings. The topological polar surface area (TPSA) is 84.3 Å². The Balaban J connectivity index is 1.57. The first kappa shape index (κ1) is 21.1. The Morgan fingerprint density at radius 2 is 2.00 bits per heavy atom. The molecular formula is C17H25F3N4O3S. The normalized spacial score (nSPS) is 20.9. The summed E-state index contributed by atoms with van der Waals surface area (Å²) in [6, 6.07) is -0.0538. The fourth-order valence-electron chi connectivity index (χ4n) is 3.98. The second kappa shape index (κ2) is 8.02. The van der Waals surface area contributed by atoms with Gasteiger partial charge in [-0.3, -0.25) is 9.48 Å². The van der Waals surface area contributed by atoms with Crippen molar-refractivity contribution in [2.45, 2.75) is 64.2 Å². The van der Waals surface area contributed by atoms with Gasteiger partial charge >= 0.3 is 6.18 Å². The van der Waals surface area contributed by atoms with Crippen LogP contribution in [0.1, 0.15) is 49.6 Å². The molecule has 0 saturated carbocycles. The Hall–Kier alpha value is -1.62. The van der Waals surface area contributed by atoms with Crippen LogP contribution in [0.15, 0.2) is 0 Å². The van der Waals surface area contributed by atoms with Crippen LogP contribution in [0, 0.1) is 0 Å². The van der Waals surface area contributed by atoms with E-state index in [1.807, 2.05) is 6.92 Å². The quantitative estimate of drug-likeness (QED) is 0.757. The summed E-state index contributed by atoms with van der Waals surface area (Å²) in [4.78, 5) is 12.1. The minimum atomic E-state index is -4.55. The zero-order chi connectivity index (χ0) is 20.5. The molecule has 1 aromatic rings. The molecule has 28 heavy (non-hydrogen) atoms. The number of piperidine rings is 1. The van der Waals surface area contributed by atoms with Crippen molar-refractivity contribution in [1.82, 2.24) is 19.4 Å². The van der Waals surface area contributed by atoms with E-state index in [0.29, 0.717) is 31.5 Å². The predicted molar refractivity (Wildman–Crippen MR) is 96.1 cm³/mol. The Bertz CT molecular complexity index is 835. The van der Waals surface area contributed by atoms with Gasteiger partial charge in [-0.25, -0.2) is 8.42 Å². The summed E-state index contributed by atoms with van der Waals surface area (Å²) >= 11 is 0. The molecule has 2 heterocycles. The number of rotatable bonds is 6. The fourth-order valence-corrected chi connectivity index (χ4v) is 5.64. The number of amides is 1. The number of fused-ring (bicyclic) bond motifs is 1. The van der Waals surface area contributed by atoms with E-state index in [9.17, 15) is 26.4 Å². The van der Waals surface area contributed by atoms with Crippen LogP contribution in [0.2, 0.25) is 0 Å². The second-order valence-corrected chi connectivity index (χ2v) is 9.45. The molecule has 1 aliphatic heterocycles. The molecule has 7 nitrogen and oxygen atoms in total. The van der Waals surface area contributed by atoms with Crippen LogP contribution in [0.5, 0.6) is 0 Å². The van der Waals surface area contributed by atoms with E-state index in [0.717, 1.165) is 23.9 Å². The lowest BCUT2D eigenvalue weighted by Gasteiger charge is -2.32. The van der Waals surface area contributed by atoms with Gasteiger partial charge in [0.1, 0.15) is 6.54 Å². The molecule has 3 rings (SSSR count). The van der Waals surface area contributed by atoms with Crippen LogP contribution in [0.3, 0.4) is 0 Å². The van der Waals surface area contributed by atoms with Gasteiger partial charge in [0.2, 0.25) is 15.9 Å². The fraction of sp³-hybridized carbons (Fsp3) is 0.765. The smallest absolute Gasteiger partial charge is 0.353 e. The number of hydrogen-bond acceptors (Lipinski definition) is 4. The summed E-state index contributed by atoms with van der Waals surface area (Å²) in [5.41, 5.74) is -0.311. The average molecular weight is 422 g/mol. The number of aromatic nitrogens is 2. The minimum Gasteiger partial charge on any atom is -0.353 e. The van der Waals surface area contributed by atoms with Gasteiger partial charge in [0.05, 0.1) is 5.75 Å². The molecule has 158 valence electrons. The van der Waals surface area contributed by atoms with Crippen molar-refractivity contribution in [1.29, 1.82) is 0 Å². The molecule has 0 aromatic carbocycles. The molecule has 1 unspecified atom stereocenters. The van der Waals surface area contributed by atoms with Gasteiger partial charge < -0.3 is 5.32 Å². The summed E-state index contributed by atoms with van der Waals surface area (Å²) in [6.45, 7) is 1.92. The van der Waals surface area contributed by atoms with Crippen LogP contribution >= 0.6 is 0 Å². The van der Waals surface area contributed by atoms with Gasteiger partial charge in [0.25, 0.3) is 0 Å². The maximum atomic E-state index is 13.1. The molecule has 1 atom stereocenters. The van der Waals surface area contributed by atoms with Gasteiger partial charge in [-0.1, -0.05) is 6.42 Å². The highest BCUT2D eigenvalue weighted by Crippen LogP contribution is 2.36. The largest absolute Gasteiger partial charge is 0.435 e. The van der Waals surface area contributed by atoms with Crippen molar-refractivity contribution in [3.05, 3.63) is 17.0 Å². The summed E-state index contributed by atoms with van der Waals surface area (Å²) in [6.07, 6.45) is -0.554. The Kier molecular flexibility index (Phi) is 6.04. The molecule has 0 spiro atoms. The van der Waals surface area contributed by atoms with Gasteiger partial charge in [0, 0.05) is 30.4 Å². The van der Waals surface area contributed by atoms with Crippen molar-refractivity contribution in [3.63, 3.8) is 0 Å². The molecule has 1 saturated heterocycles. The monoisotopic (exact) mass is 422 g/mol. The molecule has 2 aliphatic rings. The molecule has 11 heteroatoms. The second-order valence-electron chi connectivity index (χ2n) is 7.40. The number of sulfonamides is 1. The number of alkyl halides is 3. The van der Waals surface area contributed by atoms with Crippen LogP contribution in [0.25, 0.3) is 0 Å². The number of carbonyl (C=O) groups is 1. The van der Waals surface area contributed by atoms with Crippen LogP contribution < -0.4 is 5.32 Å². The first-order valence-electron chi connectivity index (χ1n) is 9.51. The molecule has 1 aromatic heterocycles. The highest BCUT2D eigenvalue weighted by molar-refractivity contribution is 7.89. The van der Waals surface area contributed by atoms with Gasteiger partial charge in [-0.15, -0.1) is 0 Å². The van der Waals surface area contributed by atoms with Crippen molar-refractivity contribution < 1.29 is 26.4 Å². The summed E-state index contributed by atoms with van der Waals surface area (Å²) in [7, 11) is -3.48. The predicted octanol–water partition coefficient (Wildman–Crippen LogP) is 1.71. The lowest BCUT2D eigenvalue weighted by Crippen LogP contribution is -2.45. The van der Waals surface area contributed by atoms with Gasteiger partial charge in [-0.05, 0) is 39.0 Å².